The maximum Gasteiger partial charge on any atom is 0.391 e. The Balaban J connectivity index is 0.000000182. The predicted octanol–water partition coefficient (Wildman–Crippen LogP) is 10.9. The number of halogens is 3. The Bertz CT molecular complexity index is 1700. The Hall–Kier alpha value is -3.02. The van der Waals surface area contributed by atoms with E-state index in [2.05, 4.69) is 67.7 Å². The van der Waals surface area contributed by atoms with Crippen molar-refractivity contribution < 1.29 is 43.2 Å². The molecular weight excluding hydrogens is 776 g/mol. The minimum absolute atomic E-state index is 0. The van der Waals surface area contributed by atoms with E-state index < -0.39 is 12.1 Å². The molecule has 3 aliphatic rings. The number of aliphatic hydroxyl groups excluding tert-OH is 1. The smallest absolute Gasteiger partial charge is 0.391 e. The number of benzene rings is 3. The summed E-state index contributed by atoms with van der Waals surface area (Å²) in [5.41, 5.74) is 5.06. The fourth-order valence-corrected chi connectivity index (χ4v) is 7.68. The number of alkyl halides is 3. The maximum atomic E-state index is 12.6. The third kappa shape index (κ3) is 8.17. The monoisotopic (exact) mass is 819 g/mol. The van der Waals surface area contributed by atoms with Gasteiger partial charge in [-0.25, -0.2) is 0 Å². The zero-order valence-electron chi connectivity index (χ0n) is 26.9. The van der Waals surface area contributed by atoms with Crippen LogP contribution in [0.1, 0.15) is 82.3 Å². The summed E-state index contributed by atoms with van der Waals surface area (Å²) < 4.78 is 37.9. The van der Waals surface area contributed by atoms with E-state index in [0.717, 1.165) is 43.4 Å². The number of rotatable bonds is 4. The second kappa shape index (κ2) is 15.5. The topological polar surface area (TPSA) is 50.2 Å². The van der Waals surface area contributed by atoms with Gasteiger partial charge in [0.15, 0.2) is 5.78 Å². The summed E-state index contributed by atoms with van der Waals surface area (Å²) in [7, 11) is 0. The van der Waals surface area contributed by atoms with Crippen LogP contribution in [0.15, 0.2) is 72.6 Å². The van der Waals surface area contributed by atoms with Crippen LogP contribution in [-0.2, 0) is 37.7 Å². The number of hydrogen-bond donors (Lipinski definition) is 1. The van der Waals surface area contributed by atoms with Crippen LogP contribution in [0, 0.1) is 29.7 Å². The molecular formula is C40H43F3IrNO2-. The van der Waals surface area contributed by atoms with E-state index in [1.807, 2.05) is 6.07 Å². The van der Waals surface area contributed by atoms with E-state index >= 15 is 0 Å². The standard InChI is InChI=1S/C23H18N.C17H25F3O2.Ir/c1-2-9-18-15-24-23(21-14-6-11-17(8-1)22(18)21)20-13-5-10-16-7-3-4-12-19(16)20;1-11-2-4-12(5-3-11)15(21)10-16(22)13-6-8-14(9-7-13)17(18,19)20;/h3-7,10-12,14-15H,1-2,8-9H2;10-14,21H,2-9H2,1H3;/q-1;;. The molecule has 3 aliphatic carbocycles. The molecule has 2 saturated carbocycles. The van der Waals surface area contributed by atoms with Crippen LogP contribution in [0.5, 0.6) is 0 Å². The molecule has 0 amide bonds. The molecule has 7 heteroatoms. The number of carbonyl (C=O) groups excluding carboxylic acids is 1. The second-order valence-corrected chi connectivity index (χ2v) is 13.6. The van der Waals surface area contributed by atoms with Gasteiger partial charge in [0.1, 0.15) is 0 Å². The predicted molar refractivity (Wildman–Crippen MR) is 179 cm³/mol. The van der Waals surface area contributed by atoms with Crippen molar-refractivity contribution in [2.45, 2.75) is 90.1 Å². The molecule has 0 aliphatic heterocycles. The number of ketones is 1. The molecule has 4 aromatic rings. The van der Waals surface area contributed by atoms with Gasteiger partial charge in [-0.2, -0.15) is 13.2 Å². The van der Waals surface area contributed by atoms with E-state index in [0.29, 0.717) is 5.92 Å². The molecule has 0 bridgehead atoms. The first kappa shape index (κ1) is 35.3. The van der Waals surface area contributed by atoms with Crippen LogP contribution < -0.4 is 0 Å². The van der Waals surface area contributed by atoms with Gasteiger partial charge in [0.05, 0.1) is 11.7 Å². The van der Waals surface area contributed by atoms with E-state index in [4.69, 9.17) is 4.98 Å². The summed E-state index contributed by atoms with van der Waals surface area (Å²) in [4.78, 5) is 17.0. The summed E-state index contributed by atoms with van der Waals surface area (Å²) in [6.07, 6.45) is 8.54. The maximum absolute atomic E-state index is 12.6. The van der Waals surface area contributed by atoms with Gasteiger partial charge in [0.25, 0.3) is 0 Å². The van der Waals surface area contributed by atoms with Gasteiger partial charge in [-0.3, -0.25) is 4.79 Å². The molecule has 0 spiro atoms. The van der Waals surface area contributed by atoms with Crippen molar-refractivity contribution in [2.75, 3.05) is 0 Å². The fourth-order valence-electron chi connectivity index (χ4n) is 7.68. The number of carbonyl (C=O) groups is 1. The molecule has 251 valence electrons. The zero-order valence-corrected chi connectivity index (χ0v) is 29.3. The first-order chi connectivity index (χ1) is 22.2. The average Bonchev–Trinajstić information content (AvgIpc) is 3.28. The van der Waals surface area contributed by atoms with Crippen LogP contribution in [0.25, 0.3) is 32.8 Å². The molecule has 7 rings (SSSR count). The van der Waals surface area contributed by atoms with Crippen molar-refractivity contribution in [1.82, 2.24) is 4.98 Å². The molecule has 1 radical (unpaired) electrons. The number of aliphatic hydroxyl groups is 1. The Morgan fingerprint density at radius 1 is 0.851 bits per heavy atom. The number of pyridine rings is 1. The van der Waals surface area contributed by atoms with Gasteiger partial charge in [-0.05, 0) is 97.7 Å². The molecule has 1 N–H and O–H groups in total. The number of hydrogen-bond acceptors (Lipinski definition) is 3. The minimum atomic E-state index is -4.15. The van der Waals surface area contributed by atoms with Crippen LogP contribution in [0.2, 0.25) is 0 Å². The normalized spacial score (nSPS) is 23.3. The fraction of sp³-hybridized carbons (Fsp3) is 0.450. The first-order valence-corrected chi connectivity index (χ1v) is 17.0. The molecule has 47 heavy (non-hydrogen) atoms. The van der Waals surface area contributed by atoms with Crippen LogP contribution in [-0.4, -0.2) is 22.1 Å². The Morgan fingerprint density at radius 2 is 1.51 bits per heavy atom. The molecule has 1 heterocycles. The van der Waals surface area contributed by atoms with Gasteiger partial charge in [-0.15, -0.1) is 29.1 Å². The SMILES string of the molecule is CC1CCC(C(O)=CC(=O)C2CCC(C(F)(F)F)CC2)CC1.[Ir].[c-]1ccc2ccccc2c1-c1ncc2c3c(cccc13)CCCC2. The van der Waals surface area contributed by atoms with Gasteiger partial charge in [-0.1, -0.05) is 67.6 Å². The van der Waals surface area contributed by atoms with Gasteiger partial charge >= 0.3 is 6.18 Å². The van der Waals surface area contributed by atoms with Crippen molar-refractivity contribution in [3.05, 3.63) is 89.8 Å². The van der Waals surface area contributed by atoms with Crippen molar-refractivity contribution in [2.24, 2.45) is 23.7 Å². The summed E-state index contributed by atoms with van der Waals surface area (Å²) in [6.45, 7) is 2.18. The quantitative estimate of drug-likeness (QED) is 0.127. The summed E-state index contributed by atoms with van der Waals surface area (Å²) >= 11 is 0. The Morgan fingerprint density at radius 3 is 2.23 bits per heavy atom. The largest absolute Gasteiger partial charge is 0.512 e. The van der Waals surface area contributed by atoms with Crippen molar-refractivity contribution in [3.63, 3.8) is 0 Å². The molecule has 3 nitrogen and oxygen atoms in total. The molecule has 1 aromatic heterocycles. The zero-order chi connectivity index (χ0) is 32.3. The summed E-state index contributed by atoms with van der Waals surface area (Å²) in [5, 5.41) is 15.3. The molecule has 3 aromatic carbocycles. The molecule has 0 saturated heterocycles. The summed E-state index contributed by atoms with van der Waals surface area (Å²) in [6, 6.07) is 22.8. The van der Waals surface area contributed by atoms with Gasteiger partial charge in [0, 0.05) is 44.2 Å². The van der Waals surface area contributed by atoms with Gasteiger partial charge < -0.3 is 10.1 Å². The number of fused-ring (bicyclic) bond motifs is 1. The van der Waals surface area contributed by atoms with E-state index in [1.165, 1.54) is 58.0 Å². The summed E-state index contributed by atoms with van der Waals surface area (Å²) in [5.74, 6) is -0.979. The third-order valence-corrected chi connectivity index (χ3v) is 10.5. The Labute approximate surface area is 289 Å². The minimum Gasteiger partial charge on any atom is -0.512 e. The molecule has 2 fully saturated rings. The second-order valence-electron chi connectivity index (χ2n) is 13.6. The van der Waals surface area contributed by atoms with Crippen molar-refractivity contribution in [1.29, 1.82) is 0 Å². The van der Waals surface area contributed by atoms with E-state index in [-0.39, 0.29) is 69.2 Å². The number of nitrogens with zero attached hydrogens (tertiary/aromatic N) is 1. The Kier molecular flexibility index (Phi) is 11.6. The van der Waals surface area contributed by atoms with Crippen LogP contribution in [0.4, 0.5) is 13.2 Å². The number of aromatic nitrogens is 1. The van der Waals surface area contributed by atoms with E-state index in [9.17, 15) is 23.1 Å². The van der Waals surface area contributed by atoms with Gasteiger partial charge in [0.2, 0.25) is 0 Å². The van der Waals surface area contributed by atoms with Crippen molar-refractivity contribution in [3.8, 4) is 11.3 Å². The van der Waals surface area contributed by atoms with Crippen LogP contribution in [0.3, 0.4) is 0 Å². The third-order valence-electron chi connectivity index (χ3n) is 10.5. The van der Waals surface area contributed by atoms with Crippen molar-refractivity contribution >= 4 is 27.3 Å². The average molecular weight is 819 g/mol. The number of allylic oxidation sites excluding steroid dienone is 2. The van der Waals surface area contributed by atoms with Crippen LogP contribution >= 0.6 is 0 Å². The molecule has 0 unspecified atom stereocenters. The molecule has 0 atom stereocenters. The van der Waals surface area contributed by atoms with E-state index in [1.54, 1.807) is 0 Å². The first-order valence-electron chi connectivity index (χ1n) is 17.0. The number of aryl methyl sites for hydroxylation is 2.